The lowest BCUT2D eigenvalue weighted by molar-refractivity contribution is -0.119. The highest BCUT2D eigenvalue weighted by Gasteiger charge is 2.12. The zero-order chi connectivity index (χ0) is 10.7. The normalized spacial score (nSPS) is 12.1. The van der Waals surface area contributed by atoms with Crippen LogP contribution < -0.4 is 16.2 Å². The minimum atomic E-state index is -0.377. The fraction of sp³-hybridized carbons (Fsp3) is 0.300. The largest absolute Gasteiger partial charge is 0.497 e. The second-order valence-corrected chi connectivity index (χ2v) is 3.16. The maximum Gasteiger partial charge on any atom is 0.224 e. The SMILES string of the molecule is COc1cc(N)cc(C(C)C(N)=O)c1. The van der Waals surface area contributed by atoms with Crippen molar-refractivity contribution in [2.24, 2.45) is 5.73 Å². The molecule has 14 heavy (non-hydrogen) atoms. The summed E-state index contributed by atoms with van der Waals surface area (Å²) in [7, 11) is 1.55. The fourth-order valence-corrected chi connectivity index (χ4v) is 1.18. The molecule has 1 atom stereocenters. The van der Waals surface area contributed by atoms with Crippen molar-refractivity contribution in [3.8, 4) is 5.75 Å². The van der Waals surface area contributed by atoms with Gasteiger partial charge < -0.3 is 16.2 Å². The molecule has 76 valence electrons. The van der Waals surface area contributed by atoms with Crippen LogP contribution in [-0.2, 0) is 4.79 Å². The van der Waals surface area contributed by atoms with Gasteiger partial charge in [0, 0.05) is 11.8 Å². The Morgan fingerprint density at radius 3 is 2.57 bits per heavy atom. The van der Waals surface area contributed by atoms with Crippen LogP contribution in [0, 0.1) is 0 Å². The molecule has 4 nitrogen and oxygen atoms in total. The number of hydrogen-bond acceptors (Lipinski definition) is 3. The van der Waals surface area contributed by atoms with Crippen LogP contribution >= 0.6 is 0 Å². The first-order valence-corrected chi connectivity index (χ1v) is 4.28. The molecule has 0 bridgehead atoms. The average Bonchev–Trinajstić information content (AvgIpc) is 2.15. The van der Waals surface area contributed by atoms with Crippen LogP contribution in [0.25, 0.3) is 0 Å². The molecule has 0 radical (unpaired) electrons. The smallest absolute Gasteiger partial charge is 0.224 e. The number of ether oxygens (including phenoxy) is 1. The van der Waals surface area contributed by atoms with Gasteiger partial charge in [0.1, 0.15) is 5.75 Å². The molecule has 0 saturated carbocycles. The van der Waals surface area contributed by atoms with E-state index in [9.17, 15) is 4.79 Å². The molecular weight excluding hydrogens is 180 g/mol. The molecule has 0 saturated heterocycles. The third-order valence-corrected chi connectivity index (χ3v) is 2.11. The van der Waals surface area contributed by atoms with Crippen LogP contribution in [0.1, 0.15) is 18.4 Å². The summed E-state index contributed by atoms with van der Waals surface area (Å²) in [4.78, 5) is 11.0. The Kier molecular flexibility index (Phi) is 2.96. The van der Waals surface area contributed by atoms with E-state index in [4.69, 9.17) is 16.2 Å². The van der Waals surface area contributed by atoms with Crippen molar-refractivity contribution in [1.29, 1.82) is 0 Å². The van der Waals surface area contributed by atoms with E-state index < -0.39 is 0 Å². The number of benzene rings is 1. The van der Waals surface area contributed by atoms with Gasteiger partial charge in [0.05, 0.1) is 13.0 Å². The number of hydrogen-bond donors (Lipinski definition) is 2. The summed E-state index contributed by atoms with van der Waals surface area (Å²) >= 11 is 0. The number of methoxy groups -OCH3 is 1. The van der Waals surface area contributed by atoms with E-state index in [1.807, 2.05) is 0 Å². The van der Waals surface area contributed by atoms with Crippen molar-refractivity contribution in [1.82, 2.24) is 0 Å². The minimum Gasteiger partial charge on any atom is -0.497 e. The average molecular weight is 194 g/mol. The van der Waals surface area contributed by atoms with E-state index in [1.54, 1.807) is 32.2 Å². The van der Waals surface area contributed by atoms with Gasteiger partial charge in [-0.3, -0.25) is 4.79 Å². The molecule has 1 aromatic carbocycles. The molecule has 0 aliphatic carbocycles. The molecule has 0 aliphatic heterocycles. The molecule has 1 aromatic rings. The highest BCUT2D eigenvalue weighted by molar-refractivity contribution is 5.81. The lowest BCUT2D eigenvalue weighted by Crippen LogP contribution is -2.18. The number of anilines is 1. The van der Waals surface area contributed by atoms with Gasteiger partial charge in [-0.05, 0) is 24.6 Å². The molecule has 0 spiro atoms. The number of carbonyl (C=O) groups excluding carboxylic acids is 1. The number of amides is 1. The maximum absolute atomic E-state index is 11.0. The topological polar surface area (TPSA) is 78.3 Å². The summed E-state index contributed by atoms with van der Waals surface area (Å²) in [6.07, 6.45) is 0. The van der Waals surface area contributed by atoms with E-state index in [-0.39, 0.29) is 11.8 Å². The van der Waals surface area contributed by atoms with Crippen molar-refractivity contribution in [3.63, 3.8) is 0 Å². The molecule has 0 fully saturated rings. The van der Waals surface area contributed by atoms with Crippen molar-refractivity contribution in [2.75, 3.05) is 12.8 Å². The van der Waals surface area contributed by atoms with E-state index in [0.717, 1.165) is 5.56 Å². The number of carbonyl (C=O) groups is 1. The number of nitrogen functional groups attached to an aromatic ring is 1. The number of nitrogens with two attached hydrogens (primary N) is 2. The van der Waals surface area contributed by atoms with Gasteiger partial charge in [-0.25, -0.2) is 0 Å². The zero-order valence-electron chi connectivity index (χ0n) is 8.28. The summed E-state index contributed by atoms with van der Waals surface area (Å²) in [6, 6.07) is 5.17. The fourth-order valence-electron chi connectivity index (χ4n) is 1.18. The third-order valence-electron chi connectivity index (χ3n) is 2.11. The first-order chi connectivity index (χ1) is 6.54. The Hall–Kier alpha value is -1.71. The summed E-state index contributed by atoms with van der Waals surface area (Å²) in [5.41, 5.74) is 12.2. The van der Waals surface area contributed by atoms with Crippen LogP contribution in [0.3, 0.4) is 0 Å². The Labute approximate surface area is 82.8 Å². The molecule has 1 rings (SSSR count). The molecule has 4 heteroatoms. The Morgan fingerprint density at radius 2 is 2.07 bits per heavy atom. The Morgan fingerprint density at radius 1 is 1.43 bits per heavy atom. The quantitative estimate of drug-likeness (QED) is 0.700. The molecule has 0 heterocycles. The highest BCUT2D eigenvalue weighted by atomic mass is 16.5. The second kappa shape index (κ2) is 4.00. The van der Waals surface area contributed by atoms with Gasteiger partial charge in [0.15, 0.2) is 0 Å². The Balaban J connectivity index is 3.08. The Bertz CT molecular complexity index is 350. The van der Waals surface area contributed by atoms with Gasteiger partial charge in [-0.2, -0.15) is 0 Å². The standard InChI is InChI=1S/C10H14N2O2/c1-6(10(12)13)7-3-8(11)5-9(4-7)14-2/h3-6H,11H2,1-2H3,(H2,12,13). The highest BCUT2D eigenvalue weighted by Crippen LogP contribution is 2.24. The molecule has 1 unspecified atom stereocenters. The van der Waals surface area contributed by atoms with E-state index in [1.165, 1.54) is 0 Å². The van der Waals surface area contributed by atoms with E-state index in [2.05, 4.69) is 0 Å². The molecule has 4 N–H and O–H groups in total. The van der Waals surface area contributed by atoms with E-state index >= 15 is 0 Å². The van der Waals surface area contributed by atoms with Crippen LogP contribution in [0.2, 0.25) is 0 Å². The summed E-state index contributed by atoms with van der Waals surface area (Å²) in [5, 5.41) is 0. The monoisotopic (exact) mass is 194 g/mol. The van der Waals surface area contributed by atoms with Gasteiger partial charge in [0.2, 0.25) is 5.91 Å². The first-order valence-electron chi connectivity index (χ1n) is 4.28. The molecule has 0 aliphatic rings. The number of rotatable bonds is 3. The van der Waals surface area contributed by atoms with Crippen molar-refractivity contribution >= 4 is 11.6 Å². The van der Waals surface area contributed by atoms with Crippen LogP contribution in [0.5, 0.6) is 5.75 Å². The van der Waals surface area contributed by atoms with Gasteiger partial charge >= 0.3 is 0 Å². The van der Waals surface area contributed by atoms with Crippen molar-refractivity contribution in [3.05, 3.63) is 23.8 Å². The van der Waals surface area contributed by atoms with Gasteiger partial charge in [0.25, 0.3) is 0 Å². The zero-order valence-corrected chi connectivity index (χ0v) is 8.28. The van der Waals surface area contributed by atoms with Crippen LogP contribution in [-0.4, -0.2) is 13.0 Å². The maximum atomic E-state index is 11.0. The van der Waals surface area contributed by atoms with Crippen molar-refractivity contribution in [2.45, 2.75) is 12.8 Å². The van der Waals surface area contributed by atoms with Crippen molar-refractivity contribution < 1.29 is 9.53 Å². The van der Waals surface area contributed by atoms with E-state index in [0.29, 0.717) is 11.4 Å². The molecule has 1 amide bonds. The summed E-state index contributed by atoms with van der Waals surface area (Å²) in [5.74, 6) is -0.0989. The second-order valence-electron chi connectivity index (χ2n) is 3.16. The first kappa shape index (κ1) is 10.4. The molecular formula is C10H14N2O2. The van der Waals surface area contributed by atoms with Crippen LogP contribution in [0.4, 0.5) is 5.69 Å². The lowest BCUT2D eigenvalue weighted by Gasteiger charge is -2.10. The predicted molar refractivity (Wildman–Crippen MR) is 55.0 cm³/mol. The number of primary amides is 1. The summed E-state index contributed by atoms with van der Waals surface area (Å²) < 4.78 is 5.03. The van der Waals surface area contributed by atoms with Gasteiger partial charge in [-0.1, -0.05) is 0 Å². The predicted octanol–water partition coefficient (Wildman–Crippen LogP) is 0.866. The minimum absolute atomic E-state index is 0.354. The van der Waals surface area contributed by atoms with Gasteiger partial charge in [-0.15, -0.1) is 0 Å². The lowest BCUT2D eigenvalue weighted by atomic mass is 10.00. The summed E-state index contributed by atoms with van der Waals surface area (Å²) in [6.45, 7) is 1.73. The molecule has 0 aromatic heterocycles. The van der Waals surface area contributed by atoms with Crippen LogP contribution in [0.15, 0.2) is 18.2 Å². The third kappa shape index (κ3) is 2.16.